The van der Waals surface area contributed by atoms with Crippen LogP contribution in [0.2, 0.25) is 0 Å². The molecule has 1 fully saturated rings. The quantitative estimate of drug-likeness (QED) is 0.512. The molecule has 0 saturated carbocycles. The minimum atomic E-state index is -0.0819. The molecule has 0 unspecified atom stereocenters. The van der Waals surface area contributed by atoms with Gasteiger partial charge in [-0.3, -0.25) is 14.6 Å². The Morgan fingerprint density at radius 2 is 2.00 bits per heavy atom. The van der Waals surface area contributed by atoms with Gasteiger partial charge in [0.1, 0.15) is 17.0 Å². The Bertz CT molecular complexity index is 1080. The first-order chi connectivity index (χ1) is 15.6. The average Bonchev–Trinajstić information content (AvgIpc) is 3.28. The normalized spacial score (nSPS) is 14.5. The first kappa shape index (κ1) is 22.5. The topological polar surface area (TPSA) is 64.1 Å². The van der Waals surface area contributed by atoms with Crippen LogP contribution in [0, 0.1) is 6.92 Å². The van der Waals surface area contributed by atoms with Crippen molar-refractivity contribution < 1.29 is 19.0 Å². The minimum Gasteiger partial charge on any atom is -0.497 e. The maximum atomic E-state index is 13.6. The summed E-state index contributed by atoms with van der Waals surface area (Å²) in [6.07, 6.45) is 0.849. The Balaban J connectivity index is 1.64. The Morgan fingerprint density at radius 3 is 2.75 bits per heavy atom. The predicted molar refractivity (Wildman–Crippen MR) is 127 cm³/mol. The third-order valence-electron chi connectivity index (χ3n) is 5.66. The van der Waals surface area contributed by atoms with Crippen molar-refractivity contribution in [1.82, 2.24) is 9.88 Å². The third kappa shape index (κ3) is 4.87. The number of rotatable bonds is 8. The fourth-order valence-electron chi connectivity index (χ4n) is 3.85. The van der Waals surface area contributed by atoms with E-state index in [0.29, 0.717) is 23.0 Å². The highest BCUT2D eigenvalue weighted by atomic mass is 32.1. The molecule has 1 saturated heterocycles. The van der Waals surface area contributed by atoms with Crippen LogP contribution in [-0.4, -0.2) is 69.4 Å². The van der Waals surface area contributed by atoms with Gasteiger partial charge in [0, 0.05) is 31.7 Å². The summed E-state index contributed by atoms with van der Waals surface area (Å²) in [5.41, 5.74) is 2.49. The van der Waals surface area contributed by atoms with Crippen LogP contribution in [-0.2, 0) is 4.74 Å². The predicted octanol–water partition coefficient (Wildman–Crippen LogP) is 3.99. The number of methoxy groups -OCH3 is 2. The Morgan fingerprint density at radius 1 is 1.19 bits per heavy atom. The molecule has 1 aromatic heterocycles. The highest BCUT2D eigenvalue weighted by Gasteiger charge is 2.23. The monoisotopic (exact) mass is 455 g/mol. The van der Waals surface area contributed by atoms with E-state index in [1.165, 1.54) is 11.3 Å². The number of aromatic nitrogens is 1. The summed E-state index contributed by atoms with van der Waals surface area (Å²) in [5.74, 6) is 1.29. The number of ether oxygens (including phenoxy) is 3. The second-order valence-corrected chi connectivity index (χ2v) is 8.73. The van der Waals surface area contributed by atoms with E-state index in [1.807, 2.05) is 30.3 Å². The van der Waals surface area contributed by atoms with E-state index >= 15 is 0 Å². The molecule has 7 nitrogen and oxygen atoms in total. The van der Waals surface area contributed by atoms with Crippen molar-refractivity contribution in [3.8, 4) is 11.5 Å². The van der Waals surface area contributed by atoms with Crippen LogP contribution >= 0.6 is 11.3 Å². The number of aryl methyl sites for hydroxylation is 1. The number of hydrogen-bond donors (Lipinski definition) is 0. The molecule has 1 aliphatic rings. The average molecular weight is 456 g/mol. The number of thiazole rings is 1. The van der Waals surface area contributed by atoms with Gasteiger partial charge in [-0.2, -0.15) is 0 Å². The number of carbonyl (C=O) groups is 1. The van der Waals surface area contributed by atoms with Gasteiger partial charge in [-0.05, 0) is 43.2 Å². The van der Waals surface area contributed by atoms with Crippen molar-refractivity contribution in [2.45, 2.75) is 13.3 Å². The van der Waals surface area contributed by atoms with Crippen molar-refractivity contribution in [2.75, 3.05) is 58.5 Å². The van der Waals surface area contributed by atoms with Crippen LogP contribution in [0.25, 0.3) is 10.2 Å². The second kappa shape index (κ2) is 10.3. The number of fused-ring (bicyclic) bond motifs is 1. The molecule has 32 heavy (non-hydrogen) atoms. The number of benzene rings is 2. The van der Waals surface area contributed by atoms with E-state index in [9.17, 15) is 4.79 Å². The molecule has 2 heterocycles. The van der Waals surface area contributed by atoms with Gasteiger partial charge in [0.05, 0.1) is 32.1 Å². The molecule has 0 bridgehead atoms. The van der Waals surface area contributed by atoms with Crippen LogP contribution in [0.1, 0.15) is 22.3 Å². The Kier molecular flexibility index (Phi) is 7.24. The molecule has 1 aliphatic heterocycles. The molecular weight excluding hydrogens is 426 g/mol. The maximum absolute atomic E-state index is 13.6. The van der Waals surface area contributed by atoms with Gasteiger partial charge in [0.25, 0.3) is 5.91 Å². The summed E-state index contributed by atoms with van der Waals surface area (Å²) in [4.78, 5) is 22.6. The molecule has 8 heteroatoms. The van der Waals surface area contributed by atoms with Crippen LogP contribution < -0.4 is 14.4 Å². The zero-order chi connectivity index (χ0) is 22.5. The van der Waals surface area contributed by atoms with Crippen molar-refractivity contribution in [2.24, 2.45) is 0 Å². The number of anilines is 1. The highest BCUT2D eigenvalue weighted by molar-refractivity contribution is 7.22. The van der Waals surface area contributed by atoms with Gasteiger partial charge in [-0.1, -0.05) is 23.5 Å². The van der Waals surface area contributed by atoms with Gasteiger partial charge in [0.2, 0.25) is 0 Å². The Labute approximate surface area is 192 Å². The molecule has 170 valence electrons. The minimum absolute atomic E-state index is 0.0819. The van der Waals surface area contributed by atoms with E-state index in [1.54, 1.807) is 25.2 Å². The van der Waals surface area contributed by atoms with Crippen molar-refractivity contribution in [3.63, 3.8) is 0 Å². The van der Waals surface area contributed by atoms with Gasteiger partial charge in [-0.15, -0.1) is 0 Å². The molecule has 0 atom stereocenters. The first-order valence-electron chi connectivity index (χ1n) is 10.8. The van der Waals surface area contributed by atoms with Crippen LogP contribution in [0.4, 0.5) is 5.13 Å². The molecular formula is C24H29N3O4S. The number of amides is 1. The molecule has 0 aliphatic carbocycles. The summed E-state index contributed by atoms with van der Waals surface area (Å²) < 4.78 is 17.3. The van der Waals surface area contributed by atoms with Crippen LogP contribution in [0.15, 0.2) is 36.4 Å². The molecule has 0 N–H and O–H groups in total. The lowest BCUT2D eigenvalue weighted by molar-refractivity contribution is 0.0376. The lowest BCUT2D eigenvalue weighted by atomic mass is 10.2. The van der Waals surface area contributed by atoms with E-state index in [0.717, 1.165) is 60.8 Å². The number of morpholine rings is 1. The fraction of sp³-hybridized carbons (Fsp3) is 0.417. The van der Waals surface area contributed by atoms with E-state index in [4.69, 9.17) is 19.2 Å². The maximum Gasteiger partial charge on any atom is 0.260 e. The summed E-state index contributed by atoms with van der Waals surface area (Å²) in [5, 5.41) is 0.683. The second-order valence-electron chi connectivity index (χ2n) is 7.76. The van der Waals surface area contributed by atoms with E-state index in [2.05, 4.69) is 11.8 Å². The highest BCUT2D eigenvalue weighted by Crippen LogP contribution is 2.37. The summed E-state index contributed by atoms with van der Waals surface area (Å²) in [6.45, 7) is 6.94. The van der Waals surface area contributed by atoms with Crippen molar-refractivity contribution >= 4 is 32.6 Å². The fourth-order valence-corrected chi connectivity index (χ4v) is 4.93. The molecule has 0 radical (unpaired) electrons. The molecule has 4 rings (SSSR count). The zero-order valence-corrected chi connectivity index (χ0v) is 19.6. The standard InChI is InChI=1S/C24H29N3O4S/c1-17-8-9-20(30-3)21-22(17)32-24(25-21)27(11-5-10-26-12-14-31-15-13-26)23(28)18-6-4-7-19(16-18)29-2/h4,6-9,16H,5,10-15H2,1-3H3. The van der Waals surface area contributed by atoms with Gasteiger partial charge >= 0.3 is 0 Å². The smallest absolute Gasteiger partial charge is 0.260 e. The molecule has 1 amide bonds. The molecule has 0 spiro atoms. The van der Waals surface area contributed by atoms with Gasteiger partial charge in [0.15, 0.2) is 5.13 Å². The van der Waals surface area contributed by atoms with Crippen LogP contribution in [0.3, 0.4) is 0 Å². The number of carbonyl (C=O) groups excluding carboxylic acids is 1. The van der Waals surface area contributed by atoms with Crippen LogP contribution in [0.5, 0.6) is 11.5 Å². The SMILES string of the molecule is COc1cccc(C(=O)N(CCCN2CCOCC2)c2nc3c(OC)ccc(C)c3s2)c1. The Hall–Kier alpha value is -2.68. The number of nitrogens with zero attached hydrogens (tertiary/aromatic N) is 3. The van der Waals surface area contributed by atoms with E-state index in [-0.39, 0.29) is 5.91 Å². The lowest BCUT2D eigenvalue weighted by Crippen LogP contribution is -2.39. The number of hydrogen-bond acceptors (Lipinski definition) is 7. The largest absolute Gasteiger partial charge is 0.497 e. The van der Waals surface area contributed by atoms with Gasteiger partial charge in [-0.25, -0.2) is 4.98 Å². The zero-order valence-electron chi connectivity index (χ0n) is 18.8. The van der Waals surface area contributed by atoms with Crippen molar-refractivity contribution in [1.29, 1.82) is 0 Å². The van der Waals surface area contributed by atoms with Crippen molar-refractivity contribution in [3.05, 3.63) is 47.5 Å². The van der Waals surface area contributed by atoms with E-state index < -0.39 is 0 Å². The molecule has 3 aromatic rings. The summed E-state index contributed by atoms with van der Waals surface area (Å²) >= 11 is 1.53. The third-order valence-corrected chi connectivity index (χ3v) is 6.88. The van der Waals surface area contributed by atoms with Gasteiger partial charge < -0.3 is 14.2 Å². The summed E-state index contributed by atoms with van der Waals surface area (Å²) in [6, 6.07) is 11.2. The first-order valence-corrected chi connectivity index (χ1v) is 11.6. The lowest BCUT2D eigenvalue weighted by Gasteiger charge is -2.27. The molecule has 2 aromatic carbocycles. The summed E-state index contributed by atoms with van der Waals surface area (Å²) in [7, 11) is 3.25.